The molecule has 0 fully saturated rings. The SMILES string of the molecule is CCN(C)CCc1ccc(C(C)C)cc1OC. The molecule has 0 saturated heterocycles. The molecule has 0 spiro atoms. The van der Waals surface area contributed by atoms with E-state index < -0.39 is 0 Å². The van der Waals surface area contributed by atoms with Crippen molar-refractivity contribution in [3.05, 3.63) is 29.3 Å². The van der Waals surface area contributed by atoms with Gasteiger partial charge in [0.25, 0.3) is 0 Å². The van der Waals surface area contributed by atoms with Crippen molar-refractivity contribution in [3.8, 4) is 5.75 Å². The zero-order chi connectivity index (χ0) is 12.8. The van der Waals surface area contributed by atoms with Gasteiger partial charge in [-0.25, -0.2) is 0 Å². The van der Waals surface area contributed by atoms with Gasteiger partial charge in [0.2, 0.25) is 0 Å². The van der Waals surface area contributed by atoms with E-state index in [1.807, 2.05) is 0 Å². The molecule has 1 aromatic rings. The Morgan fingerprint density at radius 2 is 2.00 bits per heavy atom. The zero-order valence-corrected chi connectivity index (χ0v) is 11.8. The van der Waals surface area contributed by atoms with Crippen LogP contribution in [0.2, 0.25) is 0 Å². The summed E-state index contributed by atoms with van der Waals surface area (Å²) < 4.78 is 5.48. The van der Waals surface area contributed by atoms with Crippen molar-refractivity contribution in [2.45, 2.75) is 33.1 Å². The molecular formula is C15H25NO. The summed E-state index contributed by atoms with van der Waals surface area (Å²) in [6.07, 6.45) is 1.05. The van der Waals surface area contributed by atoms with Crippen LogP contribution in [-0.4, -0.2) is 32.1 Å². The number of hydrogen-bond donors (Lipinski definition) is 0. The summed E-state index contributed by atoms with van der Waals surface area (Å²) in [6, 6.07) is 6.60. The molecular weight excluding hydrogens is 210 g/mol. The monoisotopic (exact) mass is 235 g/mol. The van der Waals surface area contributed by atoms with Crippen LogP contribution in [0.15, 0.2) is 18.2 Å². The Kier molecular flexibility index (Phi) is 5.49. The fraction of sp³-hybridized carbons (Fsp3) is 0.600. The van der Waals surface area contributed by atoms with Crippen molar-refractivity contribution in [2.24, 2.45) is 0 Å². The molecule has 0 aliphatic rings. The third kappa shape index (κ3) is 4.04. The van der Waals surface area contributed by atoms with Crippen LogP contribution in [0.25, 0.3) is 0 Å². The van der Waals surface area contributed by atoms with Gasteiger partial charge in [0.15, 0.2) is 0 Å². The molecule has 0 aliphatic carbocycles. The number of ether oxygens (including phenoxy) is 1. The van der Waals surface area contributed by atoms with E-state index in [1.54, 1.807) is 7.11 Å². The normalized spacial score (nSPS) is 11.2. The van der Waals surface area contributed by atoms with Crippen LogP contribution in [-0.2, 0) is 6.42 Å². The lowest BCUT2D eigenvalue weighted by Gasteiger charge is -2.16. The maximum atomic E-state index is 5.48. The van der Waals surface area contributed by atoms with E-state index >= 15 is 0 Å². The second kappa shape index (κ2) is 6.65. The van der Waals surface area contributed by atoms with Gasteiger partial charge in [0, 0.05) is 6.54 Å². The predicted octanol–water partition coefficient (Wildman–Crippen LogP) is 3.31. The maximum absolute atomic E-state index is 5.48. The standard InChI is InChI=1S/C15H25NO/c1-6-16(4)10-9-13-7-8-14(12(2)3)11-15(13)17-5/h7-8,11-12H,6,9-10H2,1-5H3. The van der Waals surface area contributed by atoms with Gasteiger partial charge in [0.05, 0.1) is 7.11 Å². The van der Waals surface area contributed by atoms with E-state index in [-0.39, 0.29) is 0 Å². The number of methoxy groups -OCH3 is 1. The lowest BCUT2D eigenvalue weighted by molar-refractivity contribution is 0.352. The Labute approximate surface area is 106 Å². The summed E-state index contributed by atoms with van der Waals surface area (Å²) in [5, 5.41) is 0. The molecule has 0 amide bonds. The van der Waals surface area contributed by atoms with Crippen molar-refractivity contribution in [3.63, 3.8) is 0 Å². The highest BCUT2D eigenvalue weighted by Gasteiger charge is 2.07. The molecule has 2 heteroatoms. The third-order valence-electron chi connectivity index (χ3n) is 3.28. The van der Waals surface area contributed by atoms with Crippen molar-refractivity contribution < 1.29 is 4.74 Å². The van der Waals surface area contributed by atoms with Gasteiger partial charge in [0.1, 0.15) is 5.75 Å². The predicted molar refractivity (Wildman–Crippen MR) is 74.0 cm³/mol. The Morgan fingerprint density at radius 3 is 2.53 bits per heavy atom. The molecule has 96 valence electrons. The summed E-state index contributed by atoms with van der Waals surface area (Å²) >= 11 is 0. The molecule has 0 bridgehead atoms. The lowest BCUT2D eigenvalue weighted by atomic mass is 10.00. The third-order valence-corrected chi connectivity index (χ3v) is 3.28. The molecule has 2 nitrogen and oxygen atoms in total. The molecule has 0 unspecified atom stereocenters. The maximum Gasteiger partial charge on any atom is 0.122 e. The number of likely N-dealkylation sites (N-methyl/N-ethyl adjacent to an activating group) is 1. The van der Waals surface area contributed by atoms with Crippen LogP contribution in [0, 0.1) is 0 Å². The second-order valence-electron chi connectivity index (χ2n) is 4.87. The van der Waals surface area contributed by atoms with Crippen molar-refractivity contribution in [1.82, 2.24) is 4.90 Å². The number of benzene rings is 1. The van der Waals surface area contributed by atoms with Crippen LogP contribution in [0.1, 0.15) is 37.8 Å². The minimum atomic E-state index is 0.552. The van der Waals surface area contributed by atoms with Crippen LogP contribution in [0.4, 0.5) is 0 Å². The summed E-state index contributed by atoms with van der Waals surface area (Å²) in [6.45, 7) is 8.76. The van der Waals surface area contributed by atoms with Crippen LogP contribution < -0.4 is 4.74 Å². The molecule has 0 saturated carbocycles. The summed E-state index contributed by atoms with van der Waals surface area (Å²) in [5.41, 5.74) is 2.65. The van der Waals surface area contributed by atoms with E-state index in [1.165, 1.54) is 11.1 Å². The van der Waals surface area contributed by atoms with Crippen LogP contribution in [0.5, 0.6) is 5.75 Å². The Bertz CT molecular complexity index is 347. The molecule has 0 N–H and O–H groups in total. The molecule has 0 radical (unpaired) electrons. The van der Waals surface area contributed by atoms with E-state index in [2.05, 4.69) is 50.9 Å². The molecule has 0 atom stereocenters. The summed E-state index contributed by atoms with van der Waals surface area (Å²) in [7, 11) is 3.90. The fourth-order valence-corrected chi connectivity index (χ4v) is 1.80. The largest absolute Gasteiger partial charge is 0.496 e. The number of hydrogen-bond acceptors (Lipinski definition) is 2. The average Bonchev–Trinajstić information content (AvgIpc) is 2.35. The van der Waals surface area contributed by atoms with E-state index in [0.717, 1.165) is 25.3 Å². The highest BCUT2D eigenvalue weighted by molar-refractivity contribution is 5.38. The van der Waals surface area contributed by atoms with E-state index in [0.29, 0.717) is 5.92 Å². The topological polar surface area (TPSA) is 12.5 Å². The van der Waals surface area contributed by atoms with Gasteiger partial charge in [-0.15, -0.1) is 0 Å². The highest BCUT2D eigenvalue weighted by atomic mass is 16.5. The first-order valence-corrected chi connectivity index (χ1v) is 6.43. The fourth-order valence-electron chi connectivity index (χ4n) is 1.80. The summed E-state index contributed by atoms with van der Waals surface area (Å²) in [4.78, 5) is 2.32. The molecule has 1 aromatic carbocycles. The lowest BCUT2D eigenvalue weighted by Crippen LogP contribution is -2.20. The Hall–Kier alpha value is -1.02. The van der Waals surface area contributed by atoms with E-state index in [4.69, 9.17) is 4.74 Å². The Morgan fingerprint density at radius 1 is 1.29 bits per heavy atom. The van der Waals surface area contributed by atoms with Gasteiger partial charge < -0.3 is 9.64 Å². The highest BCUT2D eigenvalue weighted by Crippen LogP contribution is 2.25. The smallest absolute Gasteiger partial charge is 0.122 e. The van der Waals surface area contributed by atoms with Crippen LogP contribution >= 0.6 is 0 Å². The van der Waals surface area contributed by atoms with Crippen molar-refractivity contribution >= 4 is 0 Å². The summed E-state index contributed by atoms with van der Waals surface area (Å²) in [5.74, 6) is 1.58. The first-order chi connectivity index (χ1) is 8.08. The van der Waals surface area contributed by atoms with Gasteiger partial charge in [-0.1, -0.05) is 32.9 Å². The van der Waals surface area contributed by atoms with E-state index in [9.17, 15) is 0 Å². The Balaban J connectivity index is 2.78. The molecule has 0 heterocycles. The minimum absolute atomic E-state index is 0.552. The first kappa shape index (κ1) is 14.0. The quantitative estimate of drug-likeness (QED) is 0.750. The van der Waals surface area contributed by atoms with Crippen molar-refractivity contribution in [2.75, 3.05) is 27.2 Å². The van der Waals surface area contributed by atoms with Gasteiger partial charge in [-0.3, -0.25) is 0 Å². The number of rotatable bonds is 6. The molecule has 0 aliphatic heterocycles. The molecule has 17 heavy (non-hydrogen) atoms. The molecule has 0 aromatic heterocycles. The zero-order valence-electron chi connectivity index (χ0n) is 11.8. The second-order valence-corrected chi connectivity index (χ2v) is 4.87. The average molecular weight is 235 g/mol. The number of nitrogens with zero attached hydrogens (tertiary/aromatic N) is 1. The van der Waals surface area contributed by atoms with Crippen molar-refractivity contribution in [1.29, 1.82) is 0 Å². The first-order valence-electron chi connectivity index (χ1n) is 6.43. The van der Waals surface area contributed by atoms with Crippen LogP contribution in [0.3, 0.4) is 0 Å². The minimum Gasteiger partial charge on any atom is -0.496 e. The van der Waals surface area contributed by atoms with Gasteiger partial charge in [-0.05, 0) is 43.1 Å². The van der Waals surface area contributed by atoms with Gasteiger partial charge >= 0.3 is 0 Å². The van der Waals surface area contributed by atoms with Gasteiger partial charge in [-0.2, -0.15) is 0 Å². The molecule has 1 rings (SSSR count).